The zero-order valence-electron chi connectivity index (χ0n) is 12.6. The van der Waals surface area contributed by atoms with E-state index in [2.05, 4.69) is 5.32 Å². The van der Waals surface area contributed by atoms with Crippen molar-refractivity contribution in [3.05, 3.63) is 59.7 Å². The number of rotatable bonds is 5. The molecule has 0 aliphatic rings. The van der Waals surface area contributed by atoms with Crippen LogP contribution in [0.3, 0.4) is 0 Å². The Kier molecular flexibility index (Phi) is 5.50. The van der Waals surface area contributed by atoms with Gasteiger partial charge < -0.3 is 5.32 Å². The van der Waals surface area contributed by atoms with Crippen LogP contribution in [-0.4, -0.2) is 16.9 Å². The maximum Gasteiger partial charge on any atom is 0.221 e. The molecule has 3 nitrogen and oxygen atoms in total. The van der Waals surface area contributed by atoms with E-state index in [4.69, 9.17) is 0 Å². The molecular weight excluding hydrogens is 320 g/mol. The van der Waals surface area contributed by atoms with Gasteiger partial charge in [0.05, 0.1) is 10.8 Å². The Labute approximate surface area is 137 Å². The molecule has 0 bridgehead atoms. The average Bonchev–Trinajstić information content (AvgIpc) is 2.48. The minimum absolute atomic E-state index is 0.124. The Morgan fingerprint density at radius 2 is 1.74 bits per heavy atom. The lowest BCUT2D eigenvalue weighted by Crippen LogP contribution is -2.15. The molecule has 0 radical (unpaired) electrons. The summed E-state index contributed by atoms with van der Waals surface area (Å²) in [5.74, 6) is -2.14. The van der Waals surface area contributed by atoms with Crippen molar-refractivity contribution in [2.24, 2.45) is 0 Å². The smallest absolute Gasteiger partial charge is 0.221 e. The Bertz CT molecular complexity index is 732. The first-order valence-corrected chi connectivity index (χ1v) is 7.78. The molecule has 0 aliphatic heterocycles. The highest BCUT2D eigenvalue weighted by molar-refractivity contribution is 8.00. The van der Waals surface area contributed by atoms with E-state index in [1.807, 2.05) is 0 Å². The normalized spacial score (nSPS) is 11.8. The molecule has 6 heteroatoms. The van der Waals surface area contributed by atoms with Crippen molar-refractivity contribution in [3.63, 3.8) is 0 Å². The first-order chi connectivity index (χ1) is 10.9. The highest BCUT2D eigenvalue weighted by atomic mass is 32.2. The lowest BCUT2D eigenvalue weighted by Gasteiger charge is -2.11. The number of carbonyl (C=O) groups excluding carboxylic acids is 2. The van der Waals surface area contributed by atoms with E-state index >= 15 is 0 Å². The first kappa shape index (κ1) is 17.1. The van der Waals surface area contributed by atoms with E-state index in [0.29, 0.717) is 11.8 Å². The fourth-order valence-electron chi connectivity index (χ4n) is 1.99. The average molecular weight is 335 g/mol. The molecule has 0 heterocycles. The van der Waals surface area contributed by atoms with Crippen LogP contribution in [-0.2, 0) is 4.79 Å². The molecular formula is C17H15F2NO2S. The third-order valence-corrected chi connectivity index (χ3v) is 4.17. The van der Waals surface area contributed by atoms with Gasteiger partial charge in [0.25, 0.3) is 0 Å². The van der Waals surface area contributed by atoms with Crippen LogP contribution >= 0.6 is 11.8 Å². The van der Waals surface area contributed by atoms with Gasteiger partial charge in [-0.3, -0.25) is 9.59 Å². The number of carbonyl (C=O) groups is 2. The molecule has 0 aliphatic carbocycles. The van der Waals surface area contributed by atoms with Gasteiger partial charge >= 0.3 is 0 Å². The van der Waals surface area contributed by atoms with Crippen molar-refractivity contribution in [3.8, 4) is 0 Å². The highest BCUT2D eigenvalue weighted by Crippen LogP contribution is 2.27. The van der Waals surface area contributed by atoms with E-state index < -0.39 is 22.7 Å². The van der Waals surface area contributed by atoms with Crippen molar-refractivity contribution in [1.82, 2.24) is 0 Å². The van der Waals surface area contributed by atoms with Crippen molar-refractivity contribution in [2.45, 2.75) is 24.0 Å². The van der Waals surface area contributed by atoms with Gasteiger partial charge in [-0.15, -0.1) is 11.8 Å². The van der Waals surface area contributed by atoms with E-state index in [1.54, 1.807) is 31.2 Å². The number of anilines is 1. The van der Waals surface area contributed by atoms with Crippen LogP contribution in [0.25, 0.3) is 0 Å². The number of benzene rings is 2. The summed E-state index contributed by atoms with van der Waals surface area (Å²) in [6.45, 7) is 3.08. The summed E-state index contributed by atoms with van der Waals surface area (Å²) in [5, 5.41) is 2.12. The Balaban J connectivity index is 2.07. The molecule has 0 spiro atoms. The Morgan fingerprint density at radius 1 is 1.09 bits per heavy atom. The van der Waals surface area contributed by atoms with Gasteiger partial charge in [-0.2, -0.15) is 0 Å². The molecule has 2 rings (SSSR count). The molecule has 1 amide bonds. The molecule has 2 aromatic rings. The van der Waals surface area contributed by atoms with Gasteiger partial charge in [0, 0.05) is 23.6 Å². The zero-order chi connectivity index (χ0) is 17.0. The monoisotopic (exact) mass is 335 g/mol. The Hall–Kier alpha value is -2.21. The number of Topliss-reactive ketones (excluding diaryl/α,β-unsaturated/α-hetero) is 1. The molecule has 1 atom stereocenters. The summed E-state index contributed by atoms with van der Waals surface area (Å²) >= 11 is 1.26. The third-order valence-electron chi connectivity index (χ3n) is 3.05. The van der Waals surface area contributed by atoms with Gasteiger partial charge in [0.15, 0.2) is 5.78 Å². The molecule has 1 N–H and O–H groups in total. The molecule has 1 unspecified atom stereocenters. The van der Waals surface area contributed by atoms with E-state index in [0.717, 1.165) is 17.0 Å². The lowest BCUT2D eigenvalue weighted by atomic mass is 10.1. The van der Waals surface area contributed by atoms with Gasteiger partial charge in [0.2, 0.25) is 5.91 Å². The van der Waals surface area contributed by atoms with Gasteiger partial charge in [-0.1, -0.05) is 0 Å². The van der Waals surface area contributed by atoms with Crippen LogP contribution in [0.2, 0.25) is 0 Å². The minimum Gasteiger partial charge on any atom is -0.326 e. The van der Waals surface area contributed by atoms with Crippen LogP contribution in [0, 0.1) is 11.6 Å². The predicted molar refractivity (Wildman–Crippen MR) is 86.8 cm³/mol. The van der Waals surface area contributed by atoms with Crippen LogP contribution in [0.15, 0.2) is 47.4 Å². The van der Waals surface area contributed by atoms with Crippen molar-refractivity contribution >= 4 is 29.1 Å². The number of hydrogen-bond donors (Lipinski definition) is 1. The molecule has 120 valence electrons. The van der Waals surface area contributed by atoms with Crippen LogP contribution < -0.4 is 5.32 Å². The van der Waals surface area contributed by atoms with E-state index in [-0.39, 0.29) is 11.5 Å². The predicted octanol–water partition coefficient (Wildman–Crippen LogP) is 4.29. The summed E-state index contributed by atoms with van der Waals surface area (Å²) in [6.07, 6.45) is 0. The third kappa shape index (κ3) is 4.63. The number of hydrogen-bond acceptors (Lipinski definition) is 3. The fourth-order valence-corrected chi connectivity index (χ4v) is 2.92. The Morgan fingerprint density at radius 3 is 2.30 bits per heavy atom. The highest BCUT2D eigenvalue weighted by Gasteiger charge is 2.20. The number of amides is 1. The van der Waals surface area contributed by atoms with Gasteiger partial charge in [0.1, 0.15) is 11.6 Å². The largest absolute Gasteiger partial charge is 0.326 e. The second kappa shape index (κ2) is 7.37. The quantitative estimate of drug-likeness (QED) is 0.655. The lowest BCUT2D eigenvalue weighted by molar-refractivity contribution is -0.114. The minimum atomic E-state index is -0.858. The maximum atomic E-state index is 13.7. The maximum absolute atomic E-state index is 13.7. The standard InChI is InChI=1S/C17H15F2NO2S/c1-10(17(22)15-8-3-12(18)9-16(15)19)23-14-6-4-13(5-7-14)20-11(2)21/h3-10H,1-2H3,(H,20,21). The van der Waals surface area contributed by atoms with Crippen LogP contribution in [0.4, 0.5) is 14.5 Å². The van der Waals surface area contributed by atoms with Crippen molar-refractivity contribution in [2.75, 3.05) is 5.32 Å². The van der Waals surface area contributed by atoms with Crippen molar-refractivity contribution in [1.29, 1.82) is 0 Å². The molecule has 0 saturated carbocycles. The summed E-state index contributed by atoms with van der Waals surface area (Å²) in [7, 11) is 0. The summed E-state index contributed by atoms with van der Waals surface area (Å²) < 4.78 is 26.6. The molecule has 23 heavy (non-hydrogen) atoms. The van der Waals surface area contributed by atoms with E-state index in [1.165, 1.54) is 18.7 Å². The summed E-state index contributed by atoms with van der Waals surface area (Å²) in [6, 6.07) is 9.90. The van der Waals surface area contributed by atoms with Crippen LogP contribution in [0.5, 0.6) is 0 Å². The van der Waals surface area contributed by atoms with Gasteiger partial charge in [-0.25, -0.2) is 8.78 Å². The molecule has 0 fully saturated rings. The zero-order valence-corrected chi connectivity index (χ0v) is 13.4. The number of ketones is 1. The molecule has 0 aromatic heterocycles. The summed E-state index contributed by atoms with van der Waals surface area (Å²) in [5.41, 5.74) is 0.534. The number of thioether (sulfide) groups is 1. The number of halogens is 2. The van der Waals surface area contributed by atoms with Crippen LogP contribution in [0.1, 0.15) is 24.2 Å². The fraction of sp³-hybridized carbons (Fsp3) is 0.176. The summed E-state index contributed by atoms with van der Waals surface area (Å²) in [4.78, 5) is 24.0. The molecule has 2 aromatic carbocycles. The van der Waals surface area contributed by atoms with Crippen molar-refractivity contribution < 1.29 is 18.4 Å². The topological polar surface area (TPSA) is 46.2 Å². The van der Waals surface area contributed by atoms with E-state index in [9.17, 15) is 18.4 Å². The number of nitrogens with one attached hydrogen (secondary N) is 1. The van der Waals surface area contributed by atoms with Gasteiger partial charge in [-0.05, 0) is 43.3 Å². The molecule has 0 saturated heterocycles. The second-order valence-electron chi connectivity index (χ2n) is 4.95. The first-order valence-electron chi connectivity index (χ1n) is 6.90. The second-order valence-corrected chi connectivity index (χ2v) is 6.37. The SMILES string of the molecule is CC(=O)Nc1ccc(SC(C)C(=O)c2ccc(F)cc2F)cc1.